The van der Waals surface area contributed by atoms with Crippen molar-refractivity contribution in [2.75, 3.05) is 5.32 Å². The quantitative estimate of drug-likeness (QED) is 0.517. The molecule has 7 nitrogen and oxygen atoms in total. The van der Waals surface area contributed by atoms with Crippen molar-refractivity contribution in [3.8, 4) is 0 Å². The molecule has 2 aromatic rings. The Balaban J connectivity index is 1.43. The molecule has 2 N–H and O–H groups in total. The molecule has 9 heteroatoms. The first-order chi connectivity index (χ1) is 15.7. The molecule has 3 amide bonds. The molecular weight excluding hydrogens is 449 g/mol. The highest BCUT2D eigenvalue weighted by molar-refractivity contribution is 6.31. The molecule has 1 unspecified atom stereocenters. The molecule has 0 saturated heterocycles. The molecule has 0 bridgehead atoms. The molecule has 1 aliphatic carbocycles. The van der Waals surface area contributed by atoms with Gasteiger partial charge in [-0.15, -0.1) is 0 Å². The predicted octanol–water partition coefficient (Wildman–Crippen LogP) is 4.15. The van der Waals surface area contributed by atoms with Crippen molar-refractivity contribution in [3.05, 3.63) is 63.4 Å². The van der Waals surface area contributed by atoms with Crippen LogP contribution < -0.4 is 10.6 Å². The van der Waals surface area contributed by atoms with Crippen LogP contribution in [0.4, 0.5) is 14.9 Å². The molecule has 172 valence electrons. The summed E-state index contributed by atoms with van der Waals surface area (Å²) in [5.74, 6) is -1.42. The van der Waals surface area contributed by atoms with E-state index in [2.05, 4.69) is 10.6 Å². The Hall–Kier alpha value is -3.26. The van der Waals surface area contributed by atoms with Crippen LogP contribution in [0.3, 0.4) is 0 Å². The lowest BCUT2D eigenvalue weighted by molar-refractivity contribution is -0.128. The van der Waals surface area contributed by atoms with Gasteiger partial charge in [-0.2, -0.15) is 0 Å². The highest BCUT2D eigenvalue weighted by Crippen LogP contribution is 2.30. The van der Waals surface area contributed by atoms with Crippen molar-refractivity contribution in [2.24, 2.45) is 0 Å². The van der Waals surface area contributed by atoms with Gasteiger partial charge in [0.05, 0.1) is 12.5 Å². The Morgan fingerprint density at radius 2 is 2.00 bits per heavy atom. The lowest BCUT2D eigenvalue weighted by Gasteiger charge is -2.25. The van der Waals surface area contributed by atoms with Crippen molar-refractivity contribution in [1.29, 1.82) is 0 Å². The summed E-state index contributed by atoms with van der Waals surface area (Å²) in [6, 6.07) is 6.59. The van der Waals surface area contributed by atoms with E-state index in [1.165, 1.54) is 11.0 Å². The molecule has 0 spiro atoms. The topological polar surface area (TPSA) is 95.6 Å². The molecule has 1 heterocycles. The molecule has 1 atom stereocenters. The molecular formula is C24H23ClFN3O4. The first kappa shape index (κ1) is 22.9. The zero-order valence-corrected chi connectivity index (χ0v) is 18.8. The molecule has 2 aromatic carbocycles. The molecule has 33 heavy (non-hydrogen) atoms. The normalized spacial score (nSPS) is 18.2. The number of hydrogen-bond acceptors (Lipinski definition) is 4. The van der Waals surface area contributed by atoms with Gasteiger partial charge in [0, 0.05) is 41.3 Å². The average molecular weight is 472 g/mol. The number of halogens is 2. The number of hydrogen-bond donors (Lipinski definition) is 2. The van der Waals surface area contributed by atoms with Gasteiger partial charge in [-0.05, 0) is 55.2 Å². The summed E-state index contributed by atoms with van der Waals surface area (Å²) < 4.78 is 14.7. The van der Waals surface area contributed by atoms with Crippen molar-refractivity contribution >= 4 is 40.8 Å². The number of benzene rings is 2. The van der Waals surface area contributed by atoms with Crippen LogP contribution >= 0.6 is 11.6 Å². The van der Waals surface area contributed by atoms with Crippen LogP contribution in [0.2, 0.25) is 5.02 Å². The van der Waals surface area contributed by atoms with Gasteiger partial charge in [0.1, 0.15) is 11.6 Å². The lowest BCUT2D eigenvalue weighted by Crippen LogP contribution is -2.41. The summed E-state index contributed by atoms with van der Waals surface area (Å²) in [5.41, 5.74) is 2.41. The van der Waals surface area contributed by atoms with Crippen LogP contribution in [-0.4, -0.2) is 34.4 Å². The number of fused-ring (bicyclic) bond motifs is 1. The maximum absolute atomic E-state index is 14.7. The smallest absolute Gasteiger partial charge is 0.319 e. The van der Waals surface area contributed by atoms with Gasteiger partial charge in [0.25, 0.3) is 5.91 Å². The summed E-state index contributed by atoms with van der Waals surface area (Å²) >= 11 is 6.06. The number of Topliss-reactive ketones (excluding diaryl/α,β-unsaturated/α-hetero) is 2. The fraction of sp³-hybridized carbons (Fsp3) is 0.333. The third kappa shape index (κ3) is 4.90. The zero-order chi connectivity index (χ0) is 23.7. The van der Waals surface area contributed by atoms with Gasteiger partial charge >= 0.3 is 6.03 Å². The maximum atomic E-state index is 14.7. The second-order valence-electron chi connectivity index (χ2n) is 8.40. The number of anilines is 1. The number of carbonyl (C=O) groups excluding carboxylic acids is 4. The van der Waals surface area contributed by atoms with E-state index in [0.717, 1.165) is 11.6 Å². The summed E-state index contributed by atoms with van der Waals surface area (Å²) in [6.45, 7) is 1.93. The van der Waals surface area contributed by atoms with Crippen molar-refractivity contribution in [1.82, 2.24) is 10.2 Å². The predicted molar refractivity (Wildman–Crippen MR) is 121 cm³/mol. The first-order valence-corrected chi connectivity index (χ1v) is 11.1. The number of nitrogens with zero attached hydrogens (tertiary/aromatic N) is 1. The number of carbonyl (C=O) groups is 4. The number of nitrogens with one attached hydrogen (secondary N) is 2. The Morgan fingerprint density at radius 3 is 2.76 bits per heavy atom. The van der Waals surface area contributed by atoms with E-state index in [4.69, 9.17) is 11.6 Å². The Morgan fingerprint density at radius 1 is 1.21 bits per heavy atom. The number of amides is 3. The van der Waals surface area contributed by atoms with Gasteiger partial charge in [-0.25, -0.2) is 9.18 Å². The number of rotatable bonds is 4. The van der Waals surface area contributed by atoms with Crippen molar-refractivity contribution < 1.29 is 23.6 Å². The monoisotopic (exact) mass is 471 g/mol. The second kappa shape index (κ2) is 9.31. The second-order valence-corrected chi connectivity index (χ2v) is 8.80. The Labute approximate surface area is 195 Å². The van der Waals surface area contributed by atoms with Crippen LogP contribution in [0.1, 0.15) is 52.7 Å². The van der Waals surface area contributed by atoms with E-state index in [9.17, 15) is 23.6 Å². The highest BCUT2D eigenvalue weighted by atomic mass is 35.5. The average Bonchev–Trinajstić information content (AvgIpc) is 2.96. The maximum Gasteiger partial charge on any atom is 0.319 e. The lowest BCUT2D eigenvalue weighted by atomic mass is 10.1. The molecule has 1 aliphatic heterocycles. The Bertz CT molecular complexity index is 1170. The van der Waals surface area contributed by atoms with E-state index < -0.39 is 23.8 Å². The minimum Gasteiger partial charge on any atom is -0.334 e. The standard InChI is InChI=1S/C24H23ClFN3O4/c1-13-5-6-16(8-19(13)25)28-24(33)27-11-14-7-15-12-29(23(32)18(15)10-20(14)26)21-4-2-3-17(30)9-22(21)31/h5-8,10,21H,2-4,9,11-12H2,1H3,(H2,27,28,33). The van der Waals surface area contributed by atoms with Crippen LogP contribution in [0.15, 0.2) is 30.3 Å². The molecule has 4 rings (SSSR count). The molecule has 2 aliphatic rings. The first-order valence-electron chi connectivity index (χ1n) is 10.7. The van der Waals surface area contributed by atoms with E-state index in [0.29, 0.717) is 35.5 Å². The SMILES string of the molecule is Cc1ccc(NC(=O)NCc2cc3c(cc2F)C(=O)N(C2CCCC(=O)CC2=O)C3)cc1Cl. The minimum absolute atomic E-state index is 0.0877. The fourth-order valence-corrected chi connectivity index (χ4v) is 4.38. The fourth-order valence-electron chi connectivity index (χ4n) is 4.20. The summed E-state index contributed by atoms with van der Waals surface area (Å²) in [4.78, 5) is 50.7. The van der Waals surface area contributed by atoms with E-state index >= 15 is 0 Å². The van der Waals surface area contributed by atoms with Crippen molar-refractivity contribution in [3.63, 3.8) is 0 Å². The summed E-state index contributed by atoms with van der Waals surface area (Å²) in [6.07, 6.45) is 1.12. The molecule has 0 radical (unpaired) electrons. The van der Waals surface area contributed by atoms with E-state index in [1.54, 1.807) is 18.2 Å². The molecule has 1 saturated carbocycles. The van der Waals surface area contributed by atoms with Gasteiger partial charge in [-0.1, -0.05) is 17.7 Å². The molecule has 1 fully saturated rings. The van der Waals surface area contributed by atoms with Crippen LogP contribution in [0.5, 0.6) is 0 Å². The summed E-state index contributed by atoms with van der Waals surface area (Å²) in [5, 5.41) is 5.75. The van der Waals surface area contributed by atoms with Crippen LogP contribution in [-0.2, 0) is 22.7 Å². The minimum atomic E-state index is -0.673. The highest BCUT2D eigenvalue weighted by Gasteiger charge is 2.38. The Kier molecular flexibility index (Phi) is 6.47. The van der Waals surface area contributed by atoms with Gasteiger partial charge in [0.2, 0.25) is 0 Å². The van der Waals surface area contributed by atoms with Crippen LogP contribution in [0, 0.1) is 12.7 Å². The van der Waals surface area contributed by atoms with Gasteiger partial charge < -0.3 is 15.5 Å². The summed E-state index contributed by atoms with van der Waals surface area (Å²) in [7, 11) is 0. The number of urea groups is 1. The zero-order valence-electron chi connectivity index (χ0n) is 18.0. The van der Waals surface area contributed by atoms with Crippen molar-refractivity contribution in [2.45, 2.75) is 51.7 Å². The number of ketones is 2. The third-order valence-electron chi connectivity index (χ3n) is 6.03. The van der Waals surface area contributed by atoms with Gasteiger partial charge in [0.15, 0.2) is 5.78 Å². The van der Waals surface area contributed by atoms with Gasteiger partial charge in [-0.3, -0.25) is 14.4 Å². The van der Waals surface area contributed by atoms with E-state index in [-0.39, 0.29) is 42.2 Å². The van der Waals surface area contributed by atoms with Crippen LogP contribution in [0.25, 0.3) is 0 Å². The van der Waals surface area contributed by atoms with E-state index in [1.807, 2.05) is 6.92 Å². The third-order valence-corrected chi connectivity index (χ3v) is 6.43. The number of aryl methyl sites for hydroxylation is 1. The molecule has 0 aromatic heterocycles. The largest absolute Gasteiger partial charge is 0.334 e.